The Bertz CT molecular complexity index is 686. The van der Waals surface area contributed by atoms with E-state index in [2.05, 4.69) is 5.32 Å². The van der Waals surface area contributed by atoms with Gasteiger partial charge in [-0.15, -0.1) is 0 Å². The smallest absolute Gasteiger partial charge is 0.258 e. The van der Waals surface area contributed by atoms with E-state index in [1.165, 1.54) is 24.3 Å². The van der Waals surface area contributed by atoms with Gasteiger partial charge < -0.3 is 16.8 Å². The van der Waals surface area contributed by atoms with Gasteiger partial charge in [0.1, 0.15) is 5.82 Å². The molecule has 0 radical (unpaired) electrons. The number of rotatable bonds is 3. The molecule has 0 spiro atoms. The first-order valence-electron chi connectivity index (χ1n) is 5.74. The molecule has 0 bridgehead atoms. The van der Waals surface area contributed by atoms with E-state index >= 15 is 0 Å². The van der Waals surface area contributed by atoms with Gasteiger partial charge in [-0.2, -0.15) is 0 Å². The van der Waals surface area contributed by atoms with Gasteiger partial charge in [0.25, 0.3) is 11.8 Å². The SMILES string of the molecule is NC(=O)c1ccccc1NC(=O)c1ccc(N)cc1F. The second-order valence-electron chi connectivity index (χ2n) is 4.10. The third kappa shape index (κ3) is 2.74. The van der Waals surface area contributed by atoms with Crippen LogP contribution in [0.1, 0.15) is 20.7 Å². The summed E-state index contributed by atoms with van der Waals surface area (Å²) in [6.45, 7) is 0. The quantitative estimate of drug-likeness (QED) is 0.743. The highest BCUT2D eigenvalue weighted by Gasteiger charge is 2.15. The number of amides is 2. The highest BCUT2D eigenvalue weighted by molar-refractivity contribution is 6.08. The second kappa shape index (κ2) is 5.40. The fourth-order valence-corrected chi connectivity index (χ4v) is 1.71. The van der Waals surface area contributed by atoms with Crippen molar-refractivity contribution in [3.8, 4) is 0 Å². The summed E-state index contributed by atoms with van der Waals surface area (Å²) in [4.78, 5) is 23.2. The number of nitrogens with two attached hydrogens (primary N) is 2. The number of para-hydroxylation sites is 1. The van der Waals surface area contributed by atoms with Crippen LogP contribution in [0, 0.1) is 5.82 Å². The average molecular weight is 273 g/mol. The fraction of sp³-hybridized carbons (Fsp3) is 0. The molecule has 0 aliphatic rings. The van der Waals surface area contributed by atoms with Crippen LogP contribution in [0.3, 0.4) is 0 Å². The molecule has 0 aromatic heterocycles. The van der Waals surface area contributed by atoms with E-state index in [-0.39, 0.29) is 22.5 Å². The van der Waals surface area contributed by atoms with Gasteiger partial charge in [0.2, 0.25) is 0 Å². The van der Waals surface area contributed by atoms with Crippen LogP contribution in [0.4, 0.5) is 15.8 Å². The lowest BCUT2D eigenvalue weighted by Gasteiger charge is -2.09. The summed E-state index contributed by atoms with van der Waals surface area (Å²) in [6.07, 6.45) is 0. The maximum Gasteiger partial charge on any atom is 0.258 e. The molecule has 0 saturated heterocycles. The Kier molecular flexibility index (Phi) is 3.65. The van der Waals surface area contributed by atoms with E-state index in [4.69, 9.17) is 11.5 Å². The van der Waals surface area contributed by atoms with Crippen LogP contribution in [0.15, 0.2) is 42.5 Å². The second-order valence-corrected chi connectivity index (χ2v) is 4.10. The first kappa shape index (κ1) is 13.5. The van der Waals surface area contributed by atoms with E-state index in [1.54, 1.807) is 12.1 Å². The van der Waals surface area contributed by atoms with Gasteiger partial charge in [-0.05, 0) is 30.3 Å². The fourth-order valence-electron chi connectivity index (χ4n) is 1.71. The number of hydrogen-bond acceptors (Lipinski definition) is 3. The summed E-state index contributed by atoms with van der Waals surface area (Å²) in [5.41, 5.74) is 11.0. The van der Waals surface area contributed by atoms with Crippen LogP contribution < -0.4 is 16.8 Å². The number of carbonyl (C=O) groups excluding carboxylic acids is 2. The molecule has 0 fully saturated rings. The number of primary amides is 1. The van der Waals surface area contributed by atoms with Crippen molar-refractivity contribution in [2.75, 3.05) is 11.1 Å². The third-order valence-corrected chi connectivity index (χ3v) is 2.68. The van der Waals surface area contributed by atoms with Gasteiger partial charge in [-0.3, -0.25) is 9.59 Å². The highest BCUT2D eigenvalue weighted by Crippen LogP contribution is 2.17. The summed E-state index contributed by atoms with van der Waals surface area (Å²) >= 11 is 0. The molecule has 0 saturated carbocycles. The minimum atomic E-state index is -0.737. The Hall–Kier alpha value is -2.89. The maximum absolute atomic E-state index is 13.6. The van der Waals surface area contributed by atoms with Crippen LogP contribution in [-0.2, 0) is 0 Å². The van der Waals surface area contributed by atoms with Gasteiger partial charge in [-0.25, -0.2) is 4.39 Å². The van der Waals surface area contributed by atoms with Gasteiger partial charge in [0.05, 0.1) is 16.8 Å². The lowest BCUT2D eigenvalue weighted by molar-refractivity contribution is 0.100. The summed E-state index contributed by atoms with van der Waals surface area (Å²) in [7, 11) is 0. The molecule has 0 aliphatic heterocycles. The lowest BCUT2D eigenvalue weighted by atomic mass is 10.1. The van der Waals surface area contributed by atoms with Crippen LogP contribution in [0.25, 0.3) is 0 Å². The average Bonchev–Trinajstić information content (AvgIpc) is 2.38. The summed E-state index contributed by atoms with van der Waals surface area (Å²) in [5, 5.41) is 2.45. The van der Waals surface area contributed by atoms with Gasteiger partial charge in [0, 0.05) is 5.69 Å². The monoisotopic (exact) mass is 273 g/mol. The molecule has 2 aromatic rings. The van der Waals surface area contributed by atoms with Crippen LogP contribution in [-0.4, -0.2) is 11.8 Å². The van der Waals surface area contributed by atoms with E-state index < -0.39 is 17.6 Å². The molecule has 5 N–H and O–H groups in total. The number of nitrogen functional groups attached to an aromatic ring is 1. The molecule has 2 amide bonds. The zero-order valence-corrected chi connectivity index (χ0v) is 10.4. The highest BCUT2D eigenvalue weighted by atomic mass is 19.1. The van der Waals surface area contributed by atoms with Crippen LogP contribution in [0.2, 0.25) is 0 Å². The Morgan fingerprint density at radius 1 is 1.05 bits per heavy atom. The molecule has 0 unspecified atom stereocenters. The minimum absolute atomic E-state index is 0.150. The Labute approximate surface area is 114 Å². The summed E-state index contributed by atoms with van der Waals surface area (Å²) < 4.78 is 13.6. The van der Waals surface area contributed by atoms with E-state index in [0.29, 0.717) is 0 Å². The molecule has 2 rings (SSSR count). The van der Waals surface area contributed by atoms with Gasteiger partial charge in [-0.1, -0.05) is 12.1 Å². The molecule has 5 nitrogen and oxygen atoms in total. The number of anilines is 2. The number of hydrogen-bond donors (Lipinski definition) is 3. The Morgan fingerprint density at radius 2 is 1.75 bits per heavy atom. The van der Waals surface area contributed by atoms with Crippen LogP contribution in [0.5, 0.6) is 0 Å². The standard InChI is InChI=1S/C14H12FN3O2/c15-11-7-8(16)5-6-9(11)14(20)18-12-4-2-1-3-10(12)13(17)19/h1-7H,16H2,(H2,17,19)(H,18,20). The van der Waals surface area contributed by atoms with Crippen molar-refractivity contribution in [1.29, 1.82) is 0 Å². The number of benzene rings is 2. The first-order chi connectivity index (χ1) is 9.49. The topological polar surface area (TPSA) is 98.2 Å². The van der Waals surface area contributed by atoms with Crippen molar-refractivity contribution < 1.29 is 14.0 Å². The van der Waals surface area contributed by atoms with E-state index in [1.807, 2.05) is 0 Å². The van der Waals surface area contributed by atoms with Crippen molar-refractivity contribution in [3.63, 3.8) is 0 Å². The Balaban J connectivity index is 2.30. The minimum Gasteiger partial charge on any atom is -0.399 e. The predicted octanol–water partition coefficient (Wildman–Crippen LogP) is 1.76. The normalized spacial score (nSPS) is 10.1. The molecule has 0 atom stereocenters. The van der Waals surface area contributed by atoms with Crippen molar-refractivity contribution >= 4 is 23.2 Å². The van der Waals surface area contributed by atoms with Gasteiger partial charge in [0.15, 0.2) is 0 Å². The zero-order valence-electron chi connectivity index (χ0n) is 10.4. The molecule has 102 valence electrons. The van der Waals surface area contributed by atoms with Crippen molar-refractivity contribution in [1.82, 2.24) is 0 Å². The van der Waals surface area contributed by atoms with Gasteiger partial charge >= 0.3 is 0 Å². The van der Waals surface area contributed by atoms with E-state index in [9.17, 15) is 14.0 Å². The molecule has 6 heteroatoms. The van der Waals surface area contributed by atoms with E-state index in [0.717, 1.165) is 6.07 Å². The van der Waals surface area contributed by atoms with Crippen LogP contribution >= 0.6 is 0 Å². The number of carbonyl (C=O) groups is 2. The van der Waals surface area contributed by atoms with Crippen molar-refractivity contribution in [3.05, 3.63) is 59.4 Å². The lowest BCUT2D eigenvalue weighted by Crippen LogP contribution is -2.19. The summed E-state index contributed by atoms with van der Waals surface area (Å²) in [6, 6.07) is 9.95. The maximum atomic E-state index is 13.6. The molecule has 0 aliphatic carbocycles. The molecule has 20 heavy (non-hydrogen) atoms. The first-order valence-corrected chi connectivity index (χ1v) is 5.74. The molecule has 0 heterocycles. The van der Waals surface area contributed by atoms with Crippen molar-refractivity contribution in [2.24, 2.45) is 5.73 Å². The predicted molar refractivity (Wildman–Crippen MR) is 73.7 cm³/mol. The summed E-state index contributed by atoms with van der Waals surface area (Å²) in [5.74, 6) is -2.10. The molecule has 2 aromatic carbocycles. The number of nitrogens with one attached hydrogen (secondary N) is 1. The molecular weight excluding hydrogens is 261 g/mol. The Morgan fingerprint density at radius 3 is 2.40 bits per heavy atom. The molecular formula is C14H12FN3O2. The largest absolute Gasteiger partial charge is 0.399 e. The number of halogens is 1. The zero-order chi connectivity index (χ0) is 14.7. The third-order valence-electron chi connectivity index (χ3n) is 2.68. The van der Waals surface area contributed by atoms with Crippen molar-refractivity contribution in [2.45, 2.75) is 0 Å².